The minimum absolute atomic E-state index is 0.353. The minimum atomic E-state index is 0.353. The Morgan fingerprint density at radius 2 is 1.94 bits per heavy atom. The molecule has 1 rings (SSSR count). The Balaban J connectivity index is 2.53. The first-order valence-electron chi connectivity index (χ1n) is 7.65. The molecule has 1 heterocycles. The summed E-state index contributed by atoms with van der Waals surface area (Å²) in [6.07, 6.45) is 4.14. The van der Waals surface area contributed by atoms with E-state index in [1.165, 1.54) is 19.3 Å². The second-order valence-electron chi connectivity index (χ2n) is 5.81. The Morgan fingerprint density at radius 3 is 2.44 bits per heavy atom. The molecule has 1 aliphatic heterocycles. The zero-order valence-corrected chi connectivity index (χ0v) is 12.9. The molecule has 0 amide bonds. The van der Waals surface area contributed by atoms with E-state index in [9.17, 15) is 0 Å². The molecule has 0 aromatic rings. The standard InChI is InChI=1S/C15H32N2O/c1-6-13(7-2)10-14(16-5)15-11-17(12(3)4)8-9-18-15/h12-16H,6-11H2,1-5H3. The Kier molecular flexibility index (Phi) is 7.20. The topological polar surface area (TPSA) is 24.5 Å². The van der Waals surface area contributed by atoms with Gasteiger partial charge in [-0.1, -0.05) is 26.7 Å². The highest BCUT2D eigenvalue weighted by atomic mass is 16.5. The van der Waals surface area contributed by atoms with Gasteiger partial charge in [-0.3, -0.25) is 4.90 Å². The Labute approximate surface area is 113 Å². The summed E-state index contributed by atoms with van der Waals surface area (Å²) < 4.78 is 6.00. The van der Waals surface area contributed by atoms with Crippen molar-refractivity contribution in [2.75, 3.05) is 26.7 Å². The van der Waals surface area contributed by atoms with E-state index in [0.29, 0.717) is 18.2 Å². The lowest BCUT2D eigenvalue weighted by atomic mass is 9.91. The Bertz CT molecular complexity index is 215. The van der Waals surface area contributed by atoms with Crippen LogP contribution in [0, 0.1) is 5.92 Å². The van der Waals surface area contributed by atoms with E-state index in [0.717, 1.165) is 25.6 Å². The van der Waals surface area contributed by atoms with Crippen molar-refractivity contribution in [3.8, 4) is 0 Å². The predicted molar refractivity (Wildman–Crippen MR) is 78.0 cm³/mol. The first-order chi connectivity index (χ1) is 8.62. The van der Waals surface area contributed by atoms with Crippen LogP contribution in [0.15, 0.2) is 0 Å². The first-order valence-corrected chi connectivity index (χ1v) is 7.65. The van der Waals surface area contributed by atoms with Crippen LogP contribution in [-0.2, 0) is 4.74 Å². The molecule has 0 saturated carbocycles. The molecular formula is C15H32N2O. The highest BCUT2D eigenvalue weighted by Crippen LogP contribution is 2.20. The molecule has 0 radical (unpaired) electrons. The summed E-state index contributed by atoms with van der Waals surface area (Å²) >= 11 is 0. The summed E-state index contributed by atoms with van der Waals surface area (Å²) in [5, 5.41) is 3.48. The molecule has 0 spiro atoms. The monoisotopic (exact) mass is 256 g/mol. The molecule has 3 nitrogen and oxygen atoms in total. The summed E-state index contributed by atoms with van der Waals surface area (Å²) in [5.41, 5.74) is 0. The zero-order valence-electron chi connectivity index (χ0n) is 12.9. The molecule has 3 heteroatoms. The van der Waals surface area contributed by atoms with Crippen LogP contribution in [0.5, 0.6) is 0 Å². The fourth-order valence-electron chi connectivity index (χ4n) is 2.85. The van der Waals surface area contributed by atoms with E-state index in [1.54, 1.807) is 0 Å². The van der Waals surface area contributed by atoms with Crippen molar-refractivity contribution in [2.24, 2.45) is 5.92 Å². The number of hydrogen-bond acceptors (Lipinski definition) is 3. The molecule has 1 N–H and O–H groups in total. The van der Waals surface area contributed by atoms with E-state index in [4.69, 9.17) is 4.74 Å². The number of hydrogen-bond donors (Lipinski definition) is 1. The fraction of sp³-hybridized carbons (Fsp3) is 1.00. The normalized spacial score (nSPS) is 23.8. The third kappa shape index (κ3) is 4.52. The lowest BCUT2D eigenvalue weighted by Crippen LogP contribution is -2.53. The van der Waals surface area contributed by atoms with E-state index < -0.39 is 0 Å². The molecule has 0 aromatic carbocycles. The molecule has 1 aliphatic rings. The van der Waals surface area contributed by atoms with Crippen LogP contribution in [0.2, 0.25) is 0 Å². The molecular weight excluding hydrogens is 224 g/mol. The summed E-state index contributed by atoms with van der Waals surface area (Å²) in [4.78, 5) is 2.53. The number of ether oxygens (including phenoxy) is 1. The lowest BCUT2D eigenvalue weighted by Gasteiger charge is -2.39. The average molecular weight is 256 g/mol. The van der Waals surface area contributed by atoms with Crippen molar-refractivity contribution >= 4 is 0 Å². The molecule has 108 valence electrons. The second kappa shape index (κ2) is 8.13. The maximum Gasteiger partial charge on any atom is 0.0855 e. The van der Waals surface area contributed by atoms with Crippen molar-refractivity contribution in [1.82, 2.24) is 10.2 Å². The van der Waals surface area contributed by atoms with Gasteiger partial charge in [0.05, 0.1) is 12.7 Å². The maximum atomic E-state index is 6.00. The van der Waals surface area contributed by atoms with Crippen LogP contribution in [0.4, 0.5) is 0 Å². The summed E-state index contributed by atoms with van der Waals surface area (Å²) in [5.74, 6) is 0.820. The van der Waals surface area contributed by atoms with Crippen molar-refractivity contribution in [3.05, 3.63) is 0 Å². The Hall–Kier alpha value is -0.120. The quantitative estimate of drug-likeness (QED) is 0.757. The van der Waals surface area contributed by atoms with Crippen molar-refractivity contribution in [1.29, 1.82) is 0 Å². The van der Waals surface area contributed by atoms with E-state index in [-0.39, 0.29) is 0 Å². The van der Waals surface area contributed by atoms with Crippen molar-refractivity contribution in [2.45, 2.75) is 65.1 Å². The fourth-order valence-corrected chi connectivity index (χ4v) is 2.85. The molecule has 0 aliphatic carbocycles. The highest BCUT2D eigenvalue weighted by molar-refractivity contribution is 4.84. The third-order valence-corrected chi connectivity index (χ3v) is 4.42. The van der Waals surface area contributed by atoms with Gasteiger partial charge in [-0.25, -0.2) is 0 Å². The van der Waals surface area contributed by atoms with Crippen LogP contribution in [0.3, 0.4) is 0 Å². The zero-order chi connectivity index (χ0) is 13.5. The van der Waals surface area contributed by atoms with Crippen LogP contribution >= 0.6 is 0 Å². The van der Waals surface area contributed by atoms with Gasteiger partial charge in [-0.05, 0) is 33.2 Å². The molecule has 1 saturated heterocycles. The molecule has 1 fully saturated rings. The number of rotatable bonds is 7. The van der Waals surface area contributed by atoms with Crippen LogP contribution in [0.1, 0.15) is 47.0 Å². The largest absolute Gasteiger partial charge is 0.374 e. The lowest BCUT2D eigenvalue weighted by molar-refractivity contribution is -0.0577. The highest BCUT2D eigenvalue weighted by Gasteiger charge is 2.29. The van der Waals surface area contributed by atoms with Gasteiger partial charge >= 0.3 is 0 Å². The summed E-state index contributed by atoms with van der Waals surface area (Å²) in [6, 6.07) is 1.12. The van der Waals surface area contributed by atoms with Crippen LogP contribution in [0.25, 0.3) is 0 Å². The van der Waals surface area contributed by atoms with Crippen LogP contribution in [-0.4, -0.2) is 49.8 Å². The number of likely N-dealkylation sites (N-methyl/N-ethyl adjacent to an activating group) is 1. The van der Waals surface area contributed by atoms with Gasteiger partial charge in [0.15, 0.2) is 0 Å². The van der Waals surface area contributed by atoms with E-state index >= 15 is 0 Å². The Morgan fingerprint density at radius 1 is 1.28 bits per heavy atom. The SMILES string of the molecule is CCC(CC)CC(NC)C1CN(C(C)C)CCO1. The summed E-state index contributed by atoms with van der Waals surface area (Å²) in [6.45, 7) is 12.2. The van der Waals surface area contributed by atoms with Gasteiger partial charge in [0, 0.05) is 25.2 Å². The van der Waals surface area contributed by atoms with E-state index in [2.05, 4.69) is 45.0 Å². The molecule has 0 bridgehead atoms. The molecule has 2 unspecified atom stereocenters. The molecule has 2 atom stereocenters. The van der Waals surface area contributed by atoms with Crippen LogP contribution < -0.4 is 5.32 Å². The number of morpholine rings is 1. The molecule has 0 aromatic heterocycles. The smallest absolute Gasteiger partial charge is 0.0855 e. The first kappa shape index (κ1) is 15.9. The van der Waals surface area contributed by atoms with Crippen molar-refractivity contribution in [3.63, 3.8) is 0 Å². The number of nitrogens with zero attached hydrogens (tertiary/aromatic N) is 1. The van der Waals surface area contributed by atoms with Gasteiger partial charge in [0.2, 0.25) is 0 Å². The van der Waals surface area contributed by atoms with Gasteiger partial charge in [-0.15, -0.1) is 0 Å². The van der Waals surface area contributed by atoms with Gasteiger partial charge in [-0.2, -0.15) is 0 Å². The van der Waals surface area contributed by atoms with Crippen molar-refractivity contribution < 1.29 is 4.74 Å². The predicted octanol–water partition coefficient (Wildman–Crippen LogP) is 2.51. The minimum Gasteiger partial charge on any atom is -0.374 e. The van der Waals surface area contributed by atoms with E-state index in [1.807, 2.05) is 0 Å². The van der Waals surface area contributed by atoms with Gasteiger partial charge in [0.25, 0.3) is 0 Å². The maximum absolute atomic E-state index is 6.00. The van der Waals surface area contributed by atoms with Gasteiger partial charge in [0.1, 0.15) is 0 Å². The summed E-state index contributed by atoms with van der Waals surface area (Å²) in [7, 11) is 2.07. The number of nitrogens with one attached hydrogen (secondary N) is 1. The third-order valence-electron chi connectivity index (χ3n) is 4.42. The van der Waals surface area contributed by atoms with Gasteiger partial charge < -0.3 is 10.1 Å². The second-order valence-corrected chi connectivity index (χ2v) is 5.81. The average Bonchev–Trinajstić information content (AvgIpc) is 2.40. The molecule has 18 heavy (non-hydrogen) atoms.